The van der Waals surface area contributed by atoms with E-state index in [0.717, 1.165) is 19.2 Å². The molecule has 1 aromatic heterocycles. The van der Waals surface area contributed by atoms with Gasteiger partial charge in [0.15, 0.2) is 11.1 Å². The molecule has 1 heterocycles. The van der Waals surface area contributed by atoms with Gasteiger partial charge >= 0.3 is 5.69 Å². The number of sulfonamides is 1. The van der Waals surface area contributed by atoms with Crippen molar-refractivity contribution in [3.05, 3.63) is 97.1 Å². The van der Waals surface area contributed by atoms with Crippen molar-refractivity contribution in [2.75, 3.05) is 18.0 Å². The SMILES string of the molecule is CO[C@@H](CN(c1ccccc1CO)S(=O)(=O)c1ccccc1[N+](=O)[O-])n1cc(F)c(=O)[nH]c1=O. The average Bonchev–Trinajstić information content (AvgIpc) is 2.82. The number of nitrogens with zero attached hydrogens (tertiary/aromatic N) is 3. The lowest BCUT2D eigenvalue weighted by molar-refractivity contribution is -0.387. The summed E-state index contributed by atoms with van der Waals surface area (Å²) in [6.45, 7) is -1.25. The molecule has 180 valence electrons. The summed E-state index contributed by atoms with van der Waals surface area (Å²) in [4.78, 5) is 35.4. The van der Waals surface area contributed by atoms with Crippen LogP contribution in [-0.2, 0) is 21.4 Å². The Hall–Kier alpha value is -3.88. The van der Waals surface area contributed by atoms with Crippen molar-refractivity contribution in [2.24, 2.45) is 0 Å². The molecule has 3 rings (SSSR count). The molecule has 0 aliphatic heterocycles. The summed E-state index contributed by atoms with van der Waals surface area (Å²) in [6.07, 6.45) is -0.911. The lowest BCUT2D eigenvalue weighted by Gasteiger charge is -2.30. The molecule has 34 heavy (non-hydrogen) atoms. The number of aliphatic hydroxyl groups is 1. The van der Waals surface area contributed by atoms with Crippen molar-refractivity contribution in [2.45, 2.75) is 17.7 Å². The smallest absolute Gasteiger partial charge is 0.330 e. The third kappa shape index (κ3) is 4.73. The molecular weight excluding hydrogens is 475 g/mol. The molecule has 0 spiro atoms. The first-order valence-electron chi connectivity index (χ1n) is 9.60. The van der Waals surface area contributed by atoms with Crippen LogP contribution in [-0.4, -0.2) is 41.7 Å². The van der Waals surface area contributed by atoms with Gasteiger partial charge in [-0.1, -0.05) is 30.3 Å². The number of para-hydroxylation sites is 2. The van der Waals surface area contributed by atoms with Gasteiger partial charge in [-0.15, -0.1) is 0 Å². The molecule has 1 atom stereocenters. The van der Waals surface area contributed by atoms with E-state index in [1.165, 1.54) is 30.3 Å². The van der Waals surface area contributed by atoms with E-state index in [1.807, 2.05) is 0 Å². The zero-order valence-electron chi connectivity index (χ0n) is 17.6. The van der Waals surface area contributed by atoms with E-state index in [4.69, 9.17) is 4.74 Å². The van der Waals surface area contributed by atoms with Crippen molar-refractivity contribution in [3.8, 4) is 0 Å². The van der Waals surface area contributed by atoms with Gasteiger partial charge in [-0.2, -0.15) is 4.39 Å². The Balaban J connectivity index is 2.23. The molecule has 3 aromatic rings. The Kier molecular flexibility index (Phi) is 7.24. The predicted molar refractivity (Wildman–Crippen MR) is 117 cm³/mol. The molecule has 0 saturated carbocycles. The Morgan fingerprint density at radius 1 is 1.21 bits per heavy atom. The number of methoxy groups -OCH3 is 1. The maximum Gasteiger partial charge on any atom is 0.330 e. The van der Waals surface area contributed by atoms with Crippen molar-refractivity contribution in [1.29, 1.82) is 0 Å². The minimum absolute atomic E-state index is 0.0526. The fourth-order valence-electron chi connectivity index (χ4n) is 3.25. The van der Waals surface area contributed by atoms with Crippen molar-refractivity contribution >= 4 is 21.4 Å². The first-order valence-corrected chi connectivity index (χ1v) is 11.0. The number of hydrogen-bond acceptors (Lipinski definition) is 8. The number of H-pyrrole nitrogens is 1. The minimum atomic E-state index is -4.69. The molecule has 0 bridgehead atoms. The molecule has 12 nitrogen and oxygen atoms in total. The molecule has 2 N–H and O–H groups in total. The summed E-state index contributed by atoms with van der Waals surface area (Å²) in [5.74, 6) is -1.31. The molecule has 0 saturated heterocycles. The number of nitrogens with one attached hydrogen (secondary N) is 1. The summed E-state index contributed by atoms with van der Waals surface area (Å²) < 4.78 is 47.8. The van der Waals surface area contributed by atoms with Crippen LogP contribution >= 0.6 is 0 Å². The van der Waals surface area contributed by atoms with Gasteiger partial charge in [0.2, 0.25) is 5.82 Å². The van der Waals surface area contributed by atoms with E-state index in [2.05, 4.69) is 0 Å². The highest BCUT2D eigenvalue weighted by molar-refractivity contribution is 7.93. The number of aromatic amines is 1. The second kappa shape index (κ2) is 9.94. The van der Waals surface area contributed by atoms with Crippen molar-refractivity contribution in [1.82, 2.24) is 9.55 Å². The van der Waals surface area contributed by atoms with Crippen LogP contribution in [0.4, 0.5) is 15.8 Å². The summed E-state index contributed by atoms with van der Waals surface area (Å²) in [6, 6.07) is 10.4. The quantitative estimate of drug-likeness (QED) is 0.330. The maximum absolute atomic E-state index is 13.9. The van der Waals surface area contributed by atoms with Gasteiger partial charge in [0.25, 0.3) is 21.3 Å². The van der Waals surface area contributed by atoms with Gasteiger partial charge in [-0.3, -0.25) is 28.8 Å². The minimum Gasteiger partial charge on any atom is -0.392 e. The summed E-state index contributed by atoms with van der Waals surface area (Å²) in [7, 11) is -3.57. The Bertz CT molecular complexity index is 1440. The third-order valence-electron chi connectivity index (χ3n) is 4.89. The number of nitro benzene ring substituents is 1. The molecule has 0 unspecified atom stereocenters. The van der Waals surface area contributed by atoms with Gasteiger partial charge in [0, 0.05) is 18.7 Å². The Labute approximate surface area is 191 Å². The third-order valence-corrected chi connectivity index (χ3v) is 6.72. The maximum atomic E-state index is 13.9. The van der Waals surface area contributed by atoms with Gasteiger partial charge in [0.05, 0.1) is 30.0 Å². The second-order valence-electron chi connectivity index (χ2n) is 6.88. The van der Waals surface area contributed by atoms with Crippen LogP contribution in [0.15, 0.2) is 69.2 Å². The van der Waals surface area contributed by atoms with Gasteiger partial charge in [0.1, 0.15) is 0 Å². The highest BCUT2D eigenvalue weighted by atomic mass is 32.2. The topological polar surface area (TPSA) is 165 Å². The van der Waals surface area contributed by atoms with E-state index in [-0.39, 0.29) is 11.3 Å². The Morgan fingerprint density at radius 3 is 2.50 bits per heavy atom. The normalized spacial score (nSPS) is 12.3. The number of halogens is 1. The molecule has 14 heteroatoms. The number of hydrogen-bond donors (Lipinski definition) is 2. The number of aliphatic hydroxyl groups excluding tert-OH is 1. The summed E-state index contributed by atoms with van der Waals surface area (Å²) >= 11 is 0. The predicted octanol–water partition coefficient (Wildman–Crippen LogP) is 1.12. The zero-order valence-corrected chi connectivity index (χ0v) is 18.4. The van der Waals surface area contributed by atoms with Crippen LogP contribution in [0.3, 0.4) is 0 Å². The highest BCUT2D eigenvalue weighted by Crippen LogP contribution is 2.33. The van der Waals surface area contributed by atoms with Crippen LogP contribution in [0, 0.1) is 15.9 Å². The number of rotatable bonds is 9. The summed E-state index contributed by atoms with van der Waals surface area (Å²) in [5, 5.41) is 21.3. The number of anilines is 1. The van der Waals surface area contributed by atoms with Gasteiger partial charge < -0.3 is 9.84 Å². The number of benzene rings is 2. The molecule has 0 radical (unpaired) electrons. The standard InChI is InChI=1S/C20H19FN4O8S/c1-33-18(23-10-14(21)19(27)22-20(23)28)11-24(15-7-3-2-6-13(15)12-26)34(31,32)17-9-5-4-8-16(17)25(29)30/h2-10,18,26H,11-12H2,1H3,(H,22,27,28)/t18-/m0/s1. The van der Waals surface area contributed by atoms with E-state index >= 15 is 0 Å². The van der Waals surface area contributed by atoms with Crippen LogP contribution in [0.5, 0.6) is 0 Å². The van der Waals surface area contributed by atoms with Gasteiger partial charge in [-0.25, -0.2) is 13.2 Å². The first kappa shape index (κ1) is 24.8. The van der Waals surface area contributed by atoms with Crippen LogP contribution in [0.1, 0.15) is 11.8 Å². The van der Waals surface area contributed by atoms with Crippen molar-refractivity contribution < 1.29 is 27.6 Å². The number of nitro groups is 1. The van der Waals surface area contributed by atoms with Crippen molar-refractivity contribution in [3.63, 3.8) is 0 Å². The lowest BCUT2D eigenvalue weighted by atomic mass is 10.2. The monoisotopic (exact) mass is 494 g/mol. The fraction of sp³-hybridized carbons (Fsp3) is 0.200. The number of ether oxygens (including phenoxy) is 1. The molecule has 0 aliphatic rings. The molecular formula is C20H19FN4O8S. The number of aromatic nitrogens is 2. The van der Waals surface area contributed by atoms with Crippen LogP contribution in [0.2, 0.25) is 0 Å². The largest absolute Gasteiger partial charge is 0.392 e. The highest BCUT2D eigenvalue weighted by Gasteiger charge is 2.35. The van der Waals surface area contributed by atoms with Gasteiger partial charge in [-0.05, 0) is 12.1 Å². The lowest BCUT2D eigenvalue weighted by Crippen LogP contribution is -2.42. The van der Waals surface area contributed by atoms with E-state index in [1.54, 1.807) is 11.1 Å². The Morgan fingerprint density at radius 2 is 1.85 bits per heavy atom. The van der Waals surface area contributed by atoms with Crippen LogP contribution in [0.25, 0.3) is 0 Å². The molecule has 0 aliphatic carbocycles. The van der Waals surface area contributed by atoms with Crippen LogP contribution < -0.4 is 15.6 Å². The molecule has 2 aromatic carbocycles. The summed E-state index contributed by atoms with van der Waals surface area (Å²) in [5.41, 5.74) is -2.94. The second-order valence-corrected chi connectivity index (χ2v) is 8.71. The van der Waals surface area contributed by atoms with E-state index < -0.39 is 62.0 Å². The zero-order chi connectivity index (χ0) is 25.0. The van der Waals surface area contributed by atoms with E-state index in [9.17, 15) is 37.6 Å². The molecule has 0 fully saturated rings. The average molecular weight is 494 g/mol. The first-order chi connectivity index (χ1) is 16.1. The molecule has 0 amide bonds. The van der Waals surface area contributed by atoms with E-state index in [0.29, 0.717) is 15.1 Å². The fourth-order valence-corrected chi connectivity index (χ4v) is 4.91.